The summed E-state index contributed by atoms with van der Waals surface area (Å²) in [5, 5.41) is 20.7. The quantitative estimate of drug-likeness (QED) is 0.147. The lowest BCUT2D eigenvalue weighted by Crippen LogP contribution is -2.24. The molecule has 0 aromatic heterocycles. The van der Waals surface area contributed by atoms with Gasteiger partial charge in [0.1, 0.15) is 0 Å². The molecule has 188 valence electrons. The minimum Gasteiger partial charge on any atom is -0.258 e. The third-order valence-corrected chi connectivity index (χ3v) is 6.33. The van der Waals surface area contributed by atoms with E-state index < -0.39 is 4.92 Å². The lowest BCUT2D eigenvalue weighted by atomic mass is 9.72. The van der Waals surface area contributed by atoms with Gasteiger partial charge in [0.25, 0.3) is 5.69 Å². The molecule has 5 nitrogen and oxygen atoms in total. The van der Waals surface area contributed by atoms with Crippen molar-refractivity contribution >= 4 is 17.1 Å². The van der Waals surface area contributed by atoms with Gasteiger partial charge >= 0.3 is 0 Å². The number of hydrogen-bond donors (Lipinski definition) is 0. The first kappa shape index (κ1) is 26.0. The molecule has 0 aliphatic carbocycles. The summed E-state index contributed by atoms with van der Waals surface area (Å²) in [6.07, 6.45) is 0.987. The fourth-order valence-electron chi connectivity index (χ4n) is 4.96. The van der Waals surface area contributed by atoms with Gasteiger partial charge in [-0.2, -0.15) is 5.11 Å². The lowest BCUT2D eigenvalue weighted by Gasteiger charge is -2.33. The van der Waals surface area contributed by atoms with Gasteiger partial charge in [-0.05, 0) is 63.3 Å². The highest BCUT2D eigenvalue weighted by Gasteiger charge is 2.28. The Hall–Kier alpha value is -4.12. The molecule has 0 amide bonds. The van der Waals surface area contributed by atoms with Gasteiger partial charge in [0.15, 0.2) is 5.69 Å². The molecule has 0 saturated heterocycles. The molecule has 0 heterocycles. The van der Waals surface area contributed by atoms with Crippen molar-refractivity contribution < 1.29 is 4.92 Å². The fourth-order valence-corrected chi connectivity index (χ4v) is 4.96. The van der Waals surface area contributed by atoms with E-state index in [-0.39, 0.29) is 22.2 Å². The van der Waals surface area contributed by atoms with E-state index in [4.69, 9.17) is 0 Å². The average molecular weight is 492 g/mol. The second-order valence-corrected chi connectivity index (χ2v) is 11.3. The van der Waals surface area contributed by atoms with Crippen LogP contribution in [0.2, 0.25) is 0 Å². The molecule has 4 aromatic rings. The van der Waals surface area contributed by atoms with Crippen molar-refractivity contribution in [2.75, 3.05) is 0 Å². The molecule has 0 atom stereocenters. The molecule has 5 heteroatoms. The Labute approximate surface area is 219 Å². The molecule has 0 unspecified atom stereocenters. The van der Waals surface area contributed by atoms with Crippen molar-refractivity contribution in [3.63, 3.8) is 0 Å². The zero-order valence-corrected chi connectivity index (χ0v) is 22.1. The summed E-state index contributed by atoms with van der Waals surface area (Å²) in [6.45, 7) is 11.2. The first-order valence-electron chi connectivity index (χ1n) is 12.5. The number of hydrogen-bond acceptors (Lipinski definition) is 4. The zero-order chi connectivity index (χ0) is 26.6. The van der Waals surface area contributed by atoms with Crippen LogP contribution in [0, 0.1) is 15.5 Å². The summed E-state index contributed by atoms with van der Waals surface area (Å²) >= 11 is 0. The summed E-state index contributed by atoms with van der Waals surface area (Å²) in [6, 6.07) is 31.1. The summed E-state index contributed by atoms with van der Waals surface area (Å²) < 4.78 is 0. The van der Waals surface area contributed by atoms with Gasteiger partial charge in [0, 0.05) is 6.07 Å². The van der Waals surface area contributed by atoms with Gasteiger partial charge in [-0.3, -0.25) is 10.1 Å². The van der Waals surface area contributed by atoms with E-state index >= 15 is 0 Å². The minimum atomic E-state index is -0.404. The highest BCUT2D eigenvalue weighted by atomic mass is 16.6. The molecule has 0 aliphatic rings. The Morgan fingerprint density at radius 3 is 1.84 bits per heavy atom. The third kappa shape index (κ3) is 6.56. The molecular weight excluding hydrogens is 458 g/mol. The second-order valence-electron chi connectivity index (χ2n) is 11.3. The summed E-state index contributed by atoms with van der Waals surface area (Å²) in [5.74, 6) is 0. The van der Waals surface area contributed by atoms with Gasteiger partial charge in [-0.15, -0.1) is 5.11 Å². The molecular formula is C32H33N3O2. The van der Waals surface area contributed by atoms with Crippen LogP contribution in [-0.4, -0.2) is 4.92 Å². The highest BCUT2D eigenvalue weighted by molar-refractivity contribution is 5.72. The van der Waals surface area contributed by atoms with Gasteiger partial charge in [0.05, 0.1) is 10.6 Å². The van der Waals surface area contributed by atoms with Crippen LogP contribution in [0.1, 0.15) is 46.6 Å². The number of benzene rings is 4. The van der Waals surface area contributed by atoms with Crippen LogP contribution in [0.5, 0.6) is 0 Å². The second kappa shape index (κ2) is 10.5. The van der Waals surface area contributed by atoms with E-state index in [9.17, 15) is 10.1 Å². The number of nitro groups is 1. The third-order valence-electron chi connectivity index (χ3n) is 6.33. The maximum Gasteiger partial charge on any atom is 0.297 e. The molecule has 0 bridgehead atoms. The Balaban J connectivity index is 1.77. The average Bonchev–Trinajstić information content (AvgIpc) is 2.87. The van der Waals surface area contributed by atoms with E-state index in [1.54, 1.807) is 12.1 Å². The first-order valence-corrected chi connectivity index (χ1v) is 12.5. The predicted molar refractivity (Wildman–Crippen MR) is 152 cm³/mol. The molecule has 0 radical (unpaired) electrons. The molecule has 0 spiro atoms. The van der Waals surface area contributed by atoms with Gasteiger partial charge < -0.3 is 0 Å². The van der Waals surface area contributed by atoms with Crippen LogP contribution in [0.25, 0.3) is 22.3 Å². The van der Waals surface area contributed by atoms with Crippen molar-refractivity contribution in [2.45, 2.75) is 46.5 Å². The zero-order valence-electron chi connectivity index (χ0n) is 22.1. The molecule has 0 N–H and O–H groups in total. The summed E-state index contributed by atoms with van der Waals surface area (Å²) in [7, 11) is 0. The Bertz CT molecular complexity index is 1420. The van der Waals surface area contributed by atoms with Crippen LogP contribution in [-0.2, 0) is 5.41 Å². The minimum absolute atomic E-state index is 0.0717. The van der Waals surface area contributed by atoms with Crippen molar-refractivity contribution in [3.8, 4) is 22.3 Å². The highest BCUT2D eigenvalue weighted by Crippen LogP contribution is 2.40. The van der Waals surface area contributed by atoms with Crippen LogP contribution in [0.15, 0.2) is 107 Å². The molecule has 4 aromatic carbocycles. The van der Waals surface area contributed by atoms with Crippen LogP contribution >= 0.6 is 0 Å². The maximum atomic E-state index is 11.9. The normalized spacial score (nSPS) is 12.1. The number of nitrogens with zero attached hydrogens (tertiary/aromatic N) is 3. The van der Waals surface area contributed by atoms with Crippen molar-refractivity contribution in [1.82, 2.24) is 0 Å². The van der Waals surface area contributed by atoms with E-state index in [2.05, 4.69) is 63.0 Å². The van der Waals surface area contributed by atoms with Crippen LogP contribution < -0.4 is 0 Å². The number of azo groups is 1. The lowest BCUT2D eigenvalue weighted by molar-refractivity contribution is -0.384. The van der Waals surface area contributed by atoms with Crippen molar-refractivity contribution in [3.05, 3.63) is 113 Å². The van der Waals surface area contributed by atoms with E-state index in [0.29, 0.717) is 5.69 Å². The standard InChI is InChI=1S/C32H33N3O2/c1-31(2,3)22-32(4,5)27-18-26(24-14-10-7-11-15-24)19-28(21-27)33-34-29-17-16-25(20-30(29)35(36)37)23-12-8-6-9-13-23/h6-21H,22H2,1-5H3. The first-order chi connectivity index (χ1) is 17.5. The molecule has 0 fully saturated rings. The summed E-state index contributed by atoms with van der Waals surface area (Å²) in [5.41, 5.74) is 5.84. The smallest absolute Gasteiger partial charge is 0.258 e. The molecule has 0 saturated carbocycles. The van der Waals surface area contributed by atoms with E-state index in [1.165, 1.54) is 0 Å². The van der Waals surface area contributed by atoms with Crippen LogP contribution in [0.3, 0.4) is 0 Å². The van der Waals surface area contributed by atoms with E-state index in [1.807, 2.05) is 66.7 Å². The van der Waals surface area contributed by atoms with Crippen molar-refractivity contribution in [2.24, 2.45) is 15.6 Å². The van der Waals surface area contributed by atoms with E-state index in [0.717, 1.165) is 34.2 Å². The molecule has 4 rings (SSSR count). The Morgan fingerprint density at radius 1 is 0.676 bits per heavy atom. The Kier molecular flexibility index (Phi) is 7.35. The maximum absolute atomic E-state index is 11.9. The molecule has 0 aliphatic heterocycles. The van der Waals surface area contributed by atoms with Crippen LogP contribution in [0.4, 0.5) is 17.1 Å². The predicted octanol–water partition coefficient (Wildman–Crippen LogP) is 10.1. The monoisotopic (exact) mass is 491 g/mol. The topological polar surface area (TPSA) is 67.9 Å². The van der Waals surface area contributed by atoms with Gasteiger partial charge in [-0.25, -0.2) is 0 Å². The largest absolute Gasteiger partial charge is 0.297 e. The molecule has 37 heavy (non-hydrogen) atoms. The fraction of sp³-hybridized carbons (Fsp3) is 0.250. The SMILES string of the molecule is CC(C)(C)CC(C)(C)c1cc(N=Nc2ccc(-c3ccccc3)cc2[N+](=O)[O-])cc(-c2ccccc2)c1. The van der Waals surface area contributed by atoms with Crippen molar-refractivity contribution in [1.29, 1.82) is 0 Å². The van der Waals surface area contributed by atoms with Gasteiger partial charge in [0.2, 0.25) is 0 Å². The number of nitro benzene ring substituents is 1. The number of rotatable bonds is 7. The van der Waals surface area contributed by atoms with Gasteiger partial charge in [-0.1, -0.05) is 107 Å². The Morgan fingerprint density at radius 2 is 1.27 bits per heavy atom. The summed E-state index contributed by atoms with van der Waals surface area (Å²) in [4.78, 5) is 11.5.